The number of carbonyl (C=O) groups is 2. The first-order valence-electron chi connectivity index (χ1n) is 4.24. The van der Waals surface area contributed by atoms with Crippen LogP contribution in [0.2, 0.25) is 19.1 Å². The Morgan fingerprint density at radius 3 is 2.54 bits per heavy atom. The van der Waals surface area contributed by atoms with Crippen molar-refractivity contribution in [2.45, 2.75) is 25.6 Å². The molecule has 1 saturated heterocycles. The van der Waals surface area contributed by atoms with Crippen molar-refractivity contribution >= 4 is 20.3 Å². The van der Waals surface area contributed by atoms with E-state index in [4.69, 9.17) is 4.43 Å². The molecule has 1 atom stereocenters. The zero-order valence-corrected chi connectivity index (χ0v) is 9.12. The third-order valence-corrected chi connectivity index (χ3v) is 4.83. The van der Waals surface area contributed by atoms with E-state index in [1.165, 1.54) is 0 Å². The monoisotopic (exact) mass is 202 g/mol. The fraction of sp³-hybridized carbons (Fsp3) is 0.750. The van der Waals surface area contributed by atoms with Gasteiger partial charge in [0, 0.05) is 7.11 Å². The van der Waals surface area contributed by atoms with Gasteiger partial charge in [0.1, 0.15) is 0 Å². The molecule has 1 aliphatic heterocycles. The molecule has 0 aromatic heterocycles. The molecule has 0 saturated carbocycles. The van der Waals surface area contributed by atoms with Crippen LogP contribution in [0.4, 0.5) is 0 Å². The molecule has 0 amide bonds. The number of hydrogen-bond acceptors (Lipinski definition) is 4. The van der Waals surface area contributed by atoms with Crippen LogP contribution in [0.25, 0.3) is 0 Å². The van der Waals surface area contributed by atoms with Crippen LogP contribution >= 0.6 is 0 Å². The van der Waals surface area contributed by atoms with Crippen molar-refractivity contribution in [2.24, 2.45) is 5.92 Å². The first-order chi connectivity index (χ1) is 5.94. The number of hydrogen-bond donors (Lipinski definition) is 0. The highest BCUT2D eigenvalue weighted by Crippen LogP contribution is 2.26. The Kier molecular flexibility index (Phi) is 2.87. The molecule has 1 unspecified atom stereocenters. The highest BCUT2D eigenvalue weighted by molar-refractivity contribution is 6.71. The van der Waals surface area contributed by atoms with E-state index in [1.807, 2.05) is 13.1 Å². The van der Waals surface area contributed by atoms with Crippen LogP contribution < -0.4 is 0 Å². The van der Waals surface area contributed by atoms with E-state index in [9.17, 15) is 9.59 Å². The van der Waals surface area contributed by atoms with Crippen molar-refractivity contribution in [3.05, 3.63) is 0 Å². The van der Waals surface area contributed by atoms with E-state index in [2.05, 4.69) is 4.74 Å². The van der Waals surface area contributed by atoms with E-state index in [0.29, 0.717) is 6.04 Å². The van der Waals surface area contributed by atoms with Gasteiger partial charge in [-0.1, -0.05) is 0 Å². The van der Waals surface area contributed by atoms with E-state index in [-0.39, 0.29) is 18.3 Å². The molecule has 0 aliphatic carbocycles. The lowest BCUT2D eigenvalue weighted by atomic mass is 10.1. The summed E-state index contributed by atoms with van der Waals surface area (Å²) in [7, 11) is -0.120. The highest BCUT2D eigenvalue weighted by atomic mass is 28.4. The molecule has 1 aliphatic rings. The Balaban J connectivity index is 2.55. The van der Waals surface area contributed by atoms with E-state index >= 15 is 0 Å². The second-order valence-corrected chi connectivity index (χ2v) is 8.20. The summed E-state index contributed by atoms with van der Waals surface area (Å²) < 4.78 is 9.76. The summed E-state index contributed by atoms with van der Waals surface area (Å²) in [6.45, 7) is 4.03. The summed E-state index contributed by atoms with van der Waals surface area (Å²) in [6.07, 6.45) is 0.221. The predicted octanol–water partition coefficient (Wildman–Crippen LogP) is 0.928. The maximum absolute atomic E-state index is 11.1. The summed E-state index contributed by atoms with van der Waals surface area (Å²) in [6, 6.07) is 0.661. The molecule has 4 nitrogen and oxygen atoms in total. The van der Waals surface area contributed by atoms with Crippen LogP contribution in [-0.2, 0) is 18.8 Å². The molecule has 0 radical (unpaired) electrons. The Labute approximate surface area is 78.3 Å². The van der Waals surface area contributed by atoms with Gasteiger partial charge in [-0.3, -0.25) is 9.59 Å². The second kappa shape index (κ2) is 3.59. The van der Waals surface area contributed by atoms with Gasteiger partial charge in [0.2, 0.25) is 0 Å². The Morgan fingerprint density at radius 2 is 2.15 bits per heavy atom. The molecule has 5 heteroatoms. The molecule has 0 aromatic carbocycles. The van der Waals surface area contributed by atoms with Crippen LogP contribution in [0, 0.1) is 5.92 Å². The molecule has 1 fully saturated rings. The van der Waals surface area contributed by atoms with Gasteiger partial charge in [-0.15, -0.1) is 0 Å². The SMILES string of the molecule is CO[Si](C)(C)CC1CC(=O)OC1=O. The van der Waals surface area contributed by atoms with Crippen LogP contribution in [0.3, 0.4) is 0 Å². The van der Waals surface area contributed by atoms with Crippen LogP contribution in [-0.4, -0.2) is 27.4 Å². The fourth-order valence-electron chi connectivity index (χ4n) is 1.35. The predicted molar refractivity (Wildman–Crippen MR) is 48.5 cm³/mol. The summed E-state index contributed by atoms with van der Waals surface area (Å²) in [5, 5.41) is 0. The Morgan fingerprint density at radius 1 is 1.54 bits per heavy atom. The largest absolute Gasteiger partial charge is 0.420 e. The number of carbonyl (C=O) groups excluding carboxylic acids is 2. The third-order valence-electron chi connectivity index (χ3n) is 2.25. The standard InChI is InChI=1S/C8H14O4Si/c1-11-13(2,3)5-6-4-7(9)12-8(6)10/h6H,4-5H2,1-3H3. The molecule has 13 heavy (non-hydrogen) atoms. The lowest BCUT2D eigenvalue weighted by Gasteiger charge is -2.21. The van der Waals surface area contributed by atoms with Crippen molar-refractivity contribution in [3.8, 4) is 0 Å². The number of esters is 2. The highest BCUT2D eigenvalue weighted by Gasteiger charge is 2.38. The lowest BCUT2D eigenvalue weighted by molar-refractivity contribution is -0.152. The van der Waals surface area contributed by atoms with Crippen LogP contribution in [0.1, 0.15) is 6.42 Å². The average molecular weight is 202 g/mol. The minimum absolute atomic E-state index is 0.221. The van der Waals surface area contributed by atoms with Gasteiger partial charge >= 0.3 is 11.9 Å². The molecule has 0 N–H and O–H groups in total. The molecule has 0 spiro atoms. The van der Waals surface area contributed by atoms with E-state index < -0.39 is 14.3 Å². The van der Waals surface area contributed by atoms with Gasteiger partial charge in [-0.05, 0) is 19.1 Å². The molecule has 1 rings (SSSR count). The molecule has 74 valence electrons. The zero-order valence-electron chi connectivity index (χ0n) is 8.12. The van der Waals surface area contributed by atoms with Gasteiger partial charge in [-0.2, -0.15) is 0 Å². The Hall–Kier alpha value is -0.683. The van der Waals surface area contributed by atoms with Gasteiger partial charge < -0.3 is 9.16 Å². The van der Waals surface area contributed by atoms with Crippen LogP contribution in [0.5, 0.6) is 0 Å². The number of cyclic esters (lactones) is 2. The maximum atomic E-state index is 11.1. The van der Waals surface area contributed by atoms with Crippen molar-refractivity contribution in [1.82, 2.24) is 0 Å². The van der Waals surface area contributed by atoms with Gasteiger partial charge in [0.15, 0.2) is 8.32 Å². The quantitative estimate of drug-likeness (QED) is 0.388. The zero-order chi connectivity index (χ0) is 10.1. The summed E-state index contributed by atoms with van der Waals surface area (Å²) in [5.74, 6) is -1.06. The Bertz CT molecular complexity index is 236. The minimum Gasteiger partial charge on any atom is -0.420 e. The average Bonchev–Trinajstić information content (AvgIpc) is 2.30. The molecule has 0 bridgehead atoms. The molecule has 1 heterocycles. The number of ether oxygens (including phenoxy) is 1. The fourth-order valence-corrected chi connectivity index (χ4v) is 3.02. The molecular weight excluding hydrogens is 188 g/mol. The van der Waals surface area contributed by atoms with Crippen molar-refractivity contribution in [3.63, 3.8) is 0 Å². The lowest BCUT2D eigenvalue weighted by Crippen LogP contribution is -2.32. The topological polar surface area (TPSA) is 52.6 Å². The normalized spacial score (nSPS) is 23.5. The van der Waals surface area contributed by atoms with Crippen molar-refractivity contribution in [2.75, 3.05) is 7.11 Å². The van der Waals surface area contributed by atoms with Gasteiger partial charge in [0.25, 0.3) is 0 Å². The van der Waals surface area contributed by atoms with Gasteiger partial charge in [0.05, 0.1) is 12.3 Å². The third kappa shape index (κ3) is 2.63. The molecule has 0 aromatic rings. The first kappa shape index (κ1) is 10.4. The number of rotatable bonds is 3. The smallest absolute Gasteiger partial charge is 0.316 e. The maximum Gasteiger partial charge on any atom is 0.316 e. The first-order valence-corrected chi connectivity index (χ1v) is 7.36. The van der Waals surface area contributed by atoms with Crippen LogP contribution in [0.15, 0.2) is 0 Å². The second-order valence-electron chi connectivity index (χ2n) is 3.86. The van der Waals surface area contributed by atoms with E-state index in [1.54, 1.807) is 7.11 Å². The molecular formula is C8H14O4Si. The van der Waals surface area contributed by atoms with Crippen molar-refractivity contribution in [1.29, 1.82) is 0 Å². The van der Waals surface area contributed by atoms with E-state index in [0.717, 1.165) is 0 Å². The summed E-state index contributed by atoms with van der Waals surface area (Å²) in [5.41, 5.74) is 0. The summed E-state index contributed by atoms with van der Waals surface area (Å²) >= 11 is 0. The van der Waals surface area contributed by atoms with Crippen molar-refractivity contribution < 1.29 is 18.8 Å². The van der Waals surface area contributed by atoms with Gasteiger partial charge in [-0.25, -0.2) is 0 Å². The summed E-state index contributed by atoms with van der Waals surface area (Å²) in [4.78, 5) is 21.9. The minimum atomic E-state index is -1.77.